The van der Waals surface area contributed by atoms with Crippen molar-refractivity contribution < 1.29 is 19.4 Å². The quantitative estimate of drug-likeness (QED) is 0.466. The summed E-state index contributed by atoms with van der Waals surface area (Å²) in [4.78, 5) is 26.0. The first kappa shape index (κ1) is 22.4. The molecule has 0 aliphatic carbocycles. The molecule has 0 atom stereocenters. The molecule has 29 heavy (non-hydrogen) atoms. The van der Waals surface area contributed by atoms with Crippen molar-refractivity contribution in [3.05, 3.63) is 70.8 Å². The molecular formula is C23H24ClNO4. The molecule has 0 heterocycles. The lowest BCUT2D eigenvalue weighted by atomic mass is 10.1. The van der Waals surface area contributed by atoms with E-state index in [0.29, 0.717) is 22.9 Å². The van der Waals surface area contributed by atoms with E-state index in [-0.39, 0.29) is 23.7 Å². The van der Waals surface area contributed by atoms with Gasteiger partial charge in [0.2, 0.25) is 0 Å². The summed E-state index contributed by atoms with van der Waals surface area (Å²) >= 11 is 6.24. The number of nitrogens with zero attached hydrogens (tertiary/aromatic N) is 1. The van der Waals surface area contributed by atoms with Gasteiger partial charge < -0.3 is 14.7 Å². The molecule has 0 spiro atoms. The number of hydrogen-bond acceptors (Lipinski definition) is 5. The second kappa shape index (κ2) is 11.2. The zero-order chi connectivity index (χ0) is 21.2. The summed E-state index contributed by atoms with van der Waals surface area (Å²) in [6, 6.07) is 11.7. The number of phenolic OH excluding ortho intramolecular Hbond substituents is 1. The number of likely N-dealkylation sites (N-methyl/N-ethyl adjacent to an activating group) is 1. The van der Waals surface area contributed by atoms with Crippen molar-refractivity contribution in [1.82, 2.24) is 4.90 Å². The Kier molecular flexibility index (Phi) is 8.65. The van der Waals surface area contributed by atoms with Crippen LogP contribution in [-0.2, 0) is 9.59 Å². The maximum absolute atomic E-state index is 12.0. The summed E-state index contributed by atoms with van der Waals surface area (Å²) in [5, 5.41) is 9.70. The smallest absolute Gasteiger partial charge is 0.163 e. The molecule has 0 saturated heterocycles. The van der Waals surface area contributed by atoms with Gasteiger partial charge in [-0.3, -0.25) is 9.59 Å². The number of ketones is 2. The van der Waals surface area contributed by atoms with Crippen molar-refractivity contribution in [3.8, 4) is 11.5 Å². The van der Waals surface area contributed by atoms with E-state index in [9.17, 15) is 14.7 Å². The number of carbonyl (C=O) groups excluding carboxylic acids is 2. The van der Waals surface area contributed by atoms with Crippen molar-refractivity contribution in [2.24, 2.45) is 0 Å². The van der Waals surface area contributed by atoms with Crippen LogP contribution in [0.2, 0.25) is 5.02 Å². The highest BCUT2D eigenvalue weighted by atomic mass is 35.5. The third-order valence-corrected chi connectivity index (χ3v) is 4.26. The molecular weight excluding hydrogens is 390 g/mol. The normalized spacial score (nSPS) is 11.4. The zero-order valence-electron chi connectivity index (χ0n) is 16.5. The van der Waals surface area contributed by atoms with Crippen LogP contribution < -0.4 is 4.74 Å². The second-order valence-electron chi connectivity index (χ2n) is 6.70. The average Bonchev–Trinajstić information content (AvgIpc) is 2.66. The Hall–Kier alpha value is -2.89. The third-order valence-electron chi connectivity index (χ3n) is 3.93. The van der Waals surface area contributed by atoms with Gasteiger partial charge in [0.15, 0.2) is 11.6 Å². The molecule has 0 saturated carbocycles. The van der Waals surface area contributed by atoms with Crippen LogP contribution in [0.1, 0.15) is 17.5 Å². The van der Waals surface area contributed by atoms with Crippen LogP contribution in [-0.4, -0.2) is 48.8 Å². The van der Waals surface area contributed by atoms with Crippen molar-refractivity contribution in [2.75, 3.05) is 27.2 Å². The van der Waals surface area contributed by atoms with Crippen LogP contribution in [0.4, 0.5) is 0 Å². The van der Waals surface area contributed by atoms with Gasteiger partial charge in [-0.25, -0.2) is 0 Å². The van der Waals surface area contributed by atoms with E-state index in [4.69, 9.17) is 16.3 Å². The fourth-order valence-electron chi connectivity index (χ4n) is 2.33. The number of hydrogen-bond donors (Lipinski definition) is 1. The van der Waals surface area contributed by atoms with Crippen molar-refractivity contribution in [2.45, 2.75) is 6.42 Å². The van der Waals surface area contributed by atoms with Crippen LogP contribution in [0.5, 0.6) is 11.5 Å². The lowest BCUT2D eigenvalue weighted by Crippen LogP contribution is -2.19. The Morgan fingerprint density at radius 1 is 1.03 bits per heavy atom. The molecule has 0 fully saturated rings. The first-order chi connectivity index (χ1) is 13.8. The van der Waals surface area contributed by atoms with E-state index in [1.54, 1.807) is 42.5 Å². The fourth-order valence-corrected chi connectivity index (χ4v) is 2.56. The summed E-state index contributed by atoms with van der Waals surface area (Å²) in [6.07, 6.45) is 5.66. The van der Waals surface area contributed by atoms with E-state index in [1.165, 1.54) is 24.3 Å². The van der Waals surface area contributed by atoms with Crippen LogP contribution >= 0.6 is 11.6 Å². The molecule has 0 aliphatic heterocycles. The predicted molar refractivity (Wildman–Crippen MR) is 116 cm³/mol. The average molecular weight is 414 g/mol. The van der Waals surface area contributed by atoms with E-state index in [1.807, 2.05) is 19.0 Å². The largest absolute Gasteiger partial charge is 0.508 e. The number of aromatic hydroxyl groups is 1. The molecule has 0 aromatic heterocycles. The number of rotatable bonds is 10. The van der Waals surface area contributed by atoms with Gasteiger partial charge in [0, 0.05) is 6.54 Å². The highest BCUT2D eigenvalue weighted by Gasteiger charge is 2.05. The molecule has 2 rings (SSSR count). The molecule has 6 heteroatoms. The van der Waals surface area contributed by atoms with Gasteiger partial charge in [-0.05, 0) is 73.8 Å². The Labute approximate surface area is 175 Å². The van der Waals surface area contributed by atoms with Crippen molar-refractivity contribution >= 4 is 35.3 Å². The first-order valence-electron chi connectivity index (χ1n) is 9.11. The van der Waals surface area contributed by atoms with Crippen molar-refractivity contribution in [1.29, 1.82) is 0 Å². The van der Waals surface area contributed by atoms with Crippen LogP contribution in [0, 0.1) is 0 Å². The Morgan fingerprint density at radius 3 is 2.31 bits per heavy atom. The minimum atomic E-state index is -0.312. The molecule has 0 bridgehead atoms. The first-order valence-corrected chi connectivity index (χ1v) is 9.49. The number of benzene rings is 2. The van der Waals surface area contributed by atoms with Crippen LogP contribution in [0.25, 0.3) is 12.2 Å². The molecule has 2 aromatic carbocycles. The van der Waals surface area contributed by atoms with Gasteiger partial charge in [0.25, 0.3) is 0 Å². The van der Waals surface area contributed by atoms with Gasteiger partial charge >= 0.3 is 0 Å². The molecule has 5 nitrogen and oxygen atoms in total. The third kappa shape index (κ3) is 8.34. The lowest BCUT2D eigenvalue weighted by molar-refractivity contribution is -0.121. The second-order valence-corrected chi connectivity index (χ2v) is 7.11. The van der Waals surface area contributed by atoms with E-state index in [2.05, 4.69) is 0 Å². The van der Waals surface area contributed by atoms with E-state index >= 15 is 0 Å². The molecule has 0 unspecified atom stereocenters. The monoisotopic (exact) mass is 413 g/mol. The zero-order valence-corrected chi connectivity index (χ0v) is 17.2. The molecule has 0 aliphatic rings. The Bertz CT molecular complexity index is 902. The van der Waals surface area contributed by atoms with Crippen LogP contribution in [0.15, 0.2) is 54.6 Å². The van der Waals surface area contributed by atoms with Gasteiger partial charge in [0.1, 0.15) is 18.1 Å². The summed E-state index contributed by atoms with van der Waals surface area (Å²) in [5.41, 5.74) is 1.44. The number of halogens is 1. The summed E-state index contributed by atoms with van der Waals surface area (Å²) in [6.45, 7) is 1.35. The summed E-state index contributed by atoms with van der Waals surface area (Å²) < 4.78 is 5.62. The molecule has 0 radical (unpaired) electrons. The minimum Gasteiger partial charge on any atom is -0.508 e. The number of phenols is 1. The standard InChI is InChI=1S/C23H24ClNO4/c1-25(2)13-14-29-22-12-7-18(23(24)16-22)6-11-21(28)15-20(27)10-5-17-3-8-19(26)9-4-17/h3-12,16,26H,13-15H2,1-2H3. The van der Waals surface area contributed by atoms with Crippen molar-refractivity contribution in [3.63, 3.8) is 0 Å². The topological polar surface area (TPSA) is 66.8 Å². The fraction of sp³-hybridized carbons (Fsp3) is 0.217. The van der Waals surface area contributed by atoms with E-state index < -0.39 is 0 Å². The number of allylic oxidation sites excluding steroid dienone is 2. The Balaban J connectivity index is 1.87. The van der Waals surface area contributed by atoms with Gasteiger partial charge in [0.05, 0.1) is 11.4 Å². The SMILES string of the molecule is CN(C)CCOc1ccc(C=CC(=O)CC(=O)C=Cc2ccc(O)cc2)c(Cl)c1. The van der Waals surface area contributed by atoms with Gasteiger partial charge in [-0.1, -0.05) is 29.8 Å². The summed E-state index contributed by atoms with van der Waals surface area (Å²) in [7, 11) is 3.93. The van der Waals surface area contributed by atoms with Gasteiger partial charge in [-0.15, -0.1) is 0 Å². The molecule has 1 N–H and O–H groups in total. The minimum absolute atomic E-state index is 0.153. The summed E-state index contributed by atoms with van der Waals surface area (Å²) in [5.74, 6) is 0.201. The maximum Gasteiger partial charge on any atom is 0.163 e. The molecule has 152 valence electrons. The van der Waals surface area contributed by atoms with E-state index in [0.717, 1.165) is 12.1 Å². The lowest BCUT2D eigenvalue weighted by Gasteiger charge is -2.11. The Morgan fingerprint density at radius 2 is 1.69 bits per heavy atom. The number of carbonyl (C=O) groups is 2. The molecule has 2 aromatic rings. The van der Waals surface area contributed by atoms with Crippen LogP contribution in [0.3, 0.4) is 0 Å². The van der Waals surface area contributed by atoms with Gasteiger partial charge in [-0.2, -0.15) is 0 Å². The maximum atomic E-state index is 12.0. The molecule has 0 amide bonds. The predicted octanol–water partition coefficient (Wildman–Crippen LogP) is 4.24. The highest BCUT2D eigenvalue weighted by Crippen LogP contribution is 2.23. The number of ether oxygens (including phenoxy) is 1. The highest BCUT2D eigenvalue weighted by molar-refractivity contribution is 6.32.